The Morgan fingerprint density at radius 3 is 2.17 bits per heavy atom. The zero-order valence-corrected chi connectivity index (χ0v) is 11.4. The van der Waals surface area contributed by atoms with Crippen LogP contribution in [-0.2, 0) is 4.79 Å². The number of carbonyl (C=O) groups is 1. The Morgan fingerprint density at radius 1 is 1.28 bits per heavy atom. The fourth-order valence-electron chi connectivity index (χ4n) is 1.38. The highest BCUT2D eigenvalue weighted by atomic mass is 16.1. The lowest BCUT2D eigenvalue weighted by atomic mass is 9.81. The van der Waals surface area contributed by atoms with Crippen molar-refractivity contribution in [1.29, 1.82) is 5.41 Å². The molecule has 0 spiro atoms. The summed E-state index contributed by atoms with van der Waals surface area (Å²) in [5, 5.41) is 10.2. The Labute approximate surface area is 108 Å². The summed E-state index contributed by atoms with van der Waals surface area (Å²) in [6.45, 7) is 8.03. The van der Waals surface area contributed by atoms with E-state index in [1.165, 1.54) is 0 Å². The molecule has 1 atom stereocenters. The van der Waals surface area contributed by atoms with Gasteiger partial charge in [0.2, 0.25) is 5.91 Å². The van der Waals surface area contributed by atoms with E-state index in [9.17, 15) is 4.79 Å². The molecule has 0 aliphatic heterocycles. The molecule has 1 unspecified atom stereocenters. The van der Waals surface area contributed by atoms with Gasteiger partial charge in [-0.3, -0.25) is 10.2 Å². The minimum absolute atomic E-state index is 0.00178. The van der Waals surface area contributed by atoms with Crippen molar-refractivity contribution in [3.8, 4) is 0 Å². The molecule has 98 valence electrons. The van der Waals surface area contributed by atoms with Crippen LogP contribution in [-0.4, -0.2) is 11.7 Å². The summed E-state index contributed by atoms with van der Waals surface area (Å²) in [6, 6.07) is 6.95. The fourth-order valence-corrected chi connectivity index (χ4v) is 1.38. The highest BCUT2D eigenvalue weighted by Gasteiger charge is 2.26. The first-order valence-corrected chi connectivity index (χ1v) is 5.97. The Hall–Kier alpha value is -1.84. The molecular formula is C14H21N3O. The van der Waals surface area contributed by atoms with Gasteiger partial charge in [-0.15, -0.1) is 0 Å². The summed E-state index contributed by atoms with van der Waals surface area (Å²) < 4.78 is 0. The van der Waals surface area contributed by atoms with Gasteiger partial charge in [-0.25, -0.2) is 0 Å². The number of amidine groups is 1. The van der Waals surface area contributed by atoms with Crippen molar-refractivity contribution in [1.82, 2.24) is 0 Å². The molecule has 1 aromatic rings. The minimum Gasteiger partial charge on any atom is -0.384 e. The number of rotatable bonds is 3. The number of nitrogens with one attached hydrogen (secondary N) is 2. The van der Waals surface area contributed by atoms with Crippen molar-refractivity contribution in [3.63, 3.8) is 0 Å². The maximum atomic E-state index is 12.0. The number of hydrogen-bond donors (Lipinski definition) is 3. The Bertz CT molecular complexity index is 443. The van der Waals surface area contributed by atoms with Gasteiger partial charge in [0.05, 0.1) is 0 Å². The van der Waals surface area contributed by atoms with Crippen LogP contribution in [0, 0.1) is 16.7 Å². The third-order valence-corrected chi connectivity index (χ3v) is 3.16. The monoisotopic (exact) mass is 247 g/mol. The van der Waals surface area contributed by atoms with Crippen molar-refractivity contribution in [2.45, 2.75) is 27.7 Å². The lowest BCUT2D eigenvalue weighted by Gasteiger charge is -2.26. The van der Waals surface area contributed by atoms with Crippen LogP contribution in [0.25, 0.3) is 0 Å². The van der Waals surface area contributed by atoms with E-state index in [2.05, 4.69) is 5.32 Å². The first-order valence-electron chi connectivity index (χ1n) is 5.97. The molecule has 1 amide bonds. The number of nitrogen functional groups attached to an aromatic ring is 1. The molecular weight excluding hydrogens is 226 g/mol. The molecule has 4 nitrogen and oxygen atoms in total. The van der Waals surface area contributed by atoms with Crippen LogP contribution in [0.2, 0.25) is 0 Å². The lowest BCUT2D eigenvalue weighted by Crippen LogP contribution is -2.30. The molecule has 0 aromatic heterocycles. The van der Waals surface area contributed by atoms with E-state index in [0.29, 0.717) is 5.56 Å². The number of hydrogen-bond acceptors (Lipinski definition) is 2. The summed E-state index contributed by atoms with van der Waals surface area (Å²) in [5.41, 5.74) is 6.67. The number of anilines is 1. The molecule has 0 saturated heterocycles. The van der Waals surface area contributed by atoms with Gasteiger partial charge in [-0.2, -0.15) is 0 Å². The van der Waals surface area contributed by atoms with Gasteiger partial charge in [0.25, 0.3) is 0 Å². The first-order chi connectivity index (χ1) is 8.21. The third-order valence-electron chi connectivity index (χ3n) is 3.16. The maximum Gasteiger partial charge on any atom is 0.227 e. The predicted molar refractivity (Wildman–Crippen MR) is 74.7 cm³/mol. The van der Waals surface area contributed by atoms with Crippen LogP contribution in [0.3, 0.4) is 0 Å². The Kier molecular flexibility index (Phi) is 4.11. The second-order valence-electron chi connectivity index (χ2n) is 5.57. The zero-order valence-electron chi connectivity index (χ0n) is 11.4. The second-order valence-corrected chi connectivity index (χ2v) is 5.57. The summed E-state index contributed by atoms with van der Waals surface area (Å²) in [5.74, 6) is -0.0565. The van der Waals surface area contributed by atoms with Crippen LogP contribution in [0.4, 0.5) is 5.69 Å². The standard InChI is InChI=1S/C14H21N3O/c1-9(14(2,3)4)13(18)17-11-7-5-10(6-8-11)12(15)16/h5-9H,1-4H3,(H3,15,16)(H,17,18). The quantitative estimate of drug-likeness (QED) is 0.567. The third kappa shape index (κ3) is 3.58. The number of benzene rings is 1. The summed E-state index contributed by atoms with van der Waals surface area (Å²) >= 11 is 0. The van der Waals surface area contributed by atoms with Crippen LogP contribution < -0.4 is 11.1 Å². The molecule has 0 fully saturated rings. The molecule has 1 aromatic carbocycles. The molecule has 4 heteroatoms. The highest BCUT2D eigenvalue weighted by Crippen LogP contribution is 2.26. The van der Waals surface area contributed by atoms with E-state index in [-0.39, 0.29) is 23.1 Å². The number of carbonyl (C=O) groups excluding carboxylic acids is 1. The van der Waals surface area contributed by atoms with Gasteiger partial charge in [0, 0.05) is 17.2 Å². The van der Waals surface area contributed by atoms with Gasteiger partial charge in [-0.1, -0.05) is 27.7 Å². The van der Waals surface area contributed by atoms with Crippen LogP contribution in [0.5, 0.6) is 0 Å². The zero-order chi connectivity index (χ0) is 13.9. The summed E-state index contributed by atoms with van der Waals surface area (Å²) in [7, 11) is 0. The van der Waals surface area contributed by atoms with E-state index >= 15 is 0 Å². The normalized spacial score (nSPS) is 12.9. The van der Waals surface area contributed by atoms with Crippen molar-refractivity contribution in [2.24, 2.45) is 17.1 Å². The average molecular weight is 247 g/mol. The Morgan fingerprint density at radius 2 is 1.78 bits per heavy atom. The molecule has 0 radical (unpaired) electrons. The summed E-state index contributed by atoms with van der Waals surface area (Å²) in [6.07, 6.45) is 0. The molecule has 0 bridgehead atoms. The van der Waals surface area contributed by atoms with E-state index in [1.807, 2.05) is 27.7 Å². The topological polar surface area (TPSA) is 79.0 Å². The van der Waals surface area contributed by atoms with Crippen molar-refractivity contribution in [2.75, 3.05) is 5.32 Å². The van der Waals surface area contributed by atoms with Crippen molar-refractivity contribution >= 4 is 17.4 Å². The molecule has 0 heterocycles. The van der Waals surface area contributed by atoms with Gasteiger partial charge in [0.15, 0.2) is 0 Å². The van der Waals surface area contributed by atoms with Crippen LogP contribution >= 0.6 is 0 Å². The molecule has 0 aliphatic carbocycles. The minimum atomic E-state index is -0.0787. The van der Waals surface area contributed by atoms with Crippen molar-refractivity contribution < 1.29 is 4.79 Å². The highest BCUT2D eigenvalue weighted by molar-refractivity contribution is 5.96. The average Bonchev–Trinajstić information content (AvgIpc) is 2.27. The fraction of sp³-hybridized carbons (Fsp3) is 0.429. The van der Waals surface area contributed by atoms with Crippen LogP contribution in [0.1, 0.15) is 33.3 Å². The van der Waals surface area contributed by atoms with Gasteiger partial charge in [-0.05, 0) is 29.7 Å². The largest absolute Gasteiger partial charge is 0.384 e. The lowest BCUT2D eigenvalue weighted by molar-refractivity contribution is -0.122. The van der Waals surface area contributed by atoms with E-state index in [0.717, 1.165) is 5.69 Å². The maximum absolute atomic E-state index is 12.0. The van der Waals surface area contributed by atoms with Gasteiger partial charge in [0.1, 0.15) is 5.84 Å². The Balaban J connectivity index is 2.74. The molecule has 1 rings (SSSR count). The predicted octanol–water partition coefficient (Wildman–Crippen LogP) is 2.59. The van der Waals surface area contributed by atoms with Gasteiger partial charge >= 0.3 is 0 Å². The molecule has 0 aliphatic rings. The molecule has 0 saturated carbocycles. The second kappa shape index (κ2) is 5.21. The van der Waals surface area contributed by atoms with E-state index in [1.54, 1.807) is 24.3 Å². The number of amides is 1. The van der Waals surface area contributed by atoms with Crippen LogP contribution in [0.15, 0.2) is 24.3 Å². The number of nitrogens with two attached hydrogens (primary N) is 1. The van der Waals surface area contributed by atoms with Gasteiger partial charge < -0.3 is 11.1 Å². The molecule has 18 heavy (non-hydrogen) atoms. The SMILES string of the molecule is CC(C(=O)Nc1ccc(C(=N)N)cc1)C(C)(C)C. The van der Waals surface area contributed by atoms with Crippen molar-refractivity contribution in [3.05, 3.63) is 29.8 Å². The van der Waals surface area contributed by atoms with E-state index < -0.39 is 0 Å². The summed E-state index contributed by atoms with van der Waals surface area (Å²) in [4.78, 5) is 12.0. The first kappa shape index (κ1) is 14.2. The molecule has 4 N–H and O–H groups in total. The smallest absolute Gasteiger partial charge is 0.227 e. The van der Waals surface area contributed by atoms with E-state index in [4.69, 9.17) is 11.1 Å².